The van der Waals surface area contributed by atoms with Crippen LogP contribution in [0.5, 0.6) is 0 Å². The molecule has 1 aromatic heterocycles. The van der Waals surface area contributed by atoms with Gasteiger partial charge in [0.1, 0.15) is 0 Å². The normalized spacial score (nSPS) is 18.8. The fourth-order valence-electron chi connectivity index (χ4n) is 3.62. The third-order valence-corrected chi connectivity index (χ3v) is 5.18. The standard InChI is InChI=1S/C22H19F3N2O/c23-22(24,25)17-8-2-6-16(12-17)18-13-19(18)21(28)27-11-9-15-5-1-4-14-7-3-10-26-20(14)15/h1-8,10,12,18-19H,9,11,13H2,(H,27,28). The van der Waals surface area contributed by atoms with Crippen LogP contribution in [0, 0.1) is 5.92 Å². The largest absolute Gasteiger partial charge is 0.416 e. The minimum absolute atomic E-state index is 0.101. The summed E-state index contributed by atoms with van der Waals surface area (Å²) in [5.41, 5.74) is 1.89. The van der Waals surface area contributed by atoms with Crippen molar-refractivity contribution < 1.29 is 18.0 Å². The summed E-state index contributed by atoms with van der Waals surface area (Å²) in [6, 6.07) is 15.1. The van der Waals surface area contributed by atoms with Crippen molar-refractivity contribution in [2.45, 2.75) is 24.9 Å². The van der Waals surface area contributed by atoms with Gasteiger partial charge in [0.25, 0.3) is 0 Å². The zero-order valence-corrected chi connectivity index (χ0v) is 15.0. The van der Waals surface area contributed by atoms with E-state index in [-0.39, 0.29) is 17.7 Å². The molecule has 1 aliphatic carbocycles. The summed E-state index contributed by atoms with van der Waals surface area (Å²) >= 11 is 0. The fraction of sp³-hybridized carbons (Fsp3) is 0.273. The summed E-state index contributed by atoms with van der Waals surface area (Å²) < 4.78 is 38.6. The second kappa shape index (κ2) is 7.26. The van der Waals surface area contributed by atoms with Gasteiger partial charge in [-0.2, -0.15) is 13.2 Å². The summed E-state index contributed by atoms with van der Waals surface area (Å²) in [6.07, 6.45) is -1.38. The molecule has 28 heavy (non-hydrogen) atoms. The van der Waals surface area contributed by atoms with E-state index in [4.69, 9.17) is 0 Å². The second-order valence-corrected chi connectivity index (χ2v) is 7.11. The molecule has 1 fully saturated rings. The van der Waals surface area contributed by atoms with E-state index in [0.29, 0.717) is 24.9 Å². The quantitative estimate of drug-likeness (QED) is 0.692. The molecule has 0 saturated heterocycles. The number of para-hydroxylation sites is 1. The van der Waals surface area contributed by atoms with Crippen LogP contribution in [-0.4, -0.2) is 17.4 Å². The van der Waals surface area contributed by atoms with E-state index < -0.39 is 11.7 Å². The Bertz CT molecular complexity index is 1010. The molecule has 1 heterocycles. The van der Waals surface area contributed by atoms with Crippen molar-refractivity contribution in [3.8, 4) is 0 Å². The maximum Gasteiger partial charge on any atom is 0.416 e. The molecule has 3 aromatic rings. The van der Waals surface area contributed by atoms with Gasteiger partial charge < -0.3 is 5.32 Å². The van der Waals surface area contributed by atoms with Crippen molar-refractivity contribution in [1.82, 2.24) is 10.3 Å². The molecule has 0 radical (unpaired) electrons. The van der Waals surface area contributed by atoms with Crippen molar-refractivity contribution in [2.75, 3.05) is 6.54 Å². The van der Waals surface area contributed by atoms with Crippen LogP contribution in [0.25, 0.3) is 10.9 Å². The third kappa shape index (κ3) is 3.86. The first-order valence-electron chi connectivity index (χ1n) is 9.21. The van der Waals surface area contributed by atoms with Crippen molar-refractivity contribution >= 4 is 16.8 Å². The van der Waals surface area contributed by atoms with Gasteiger partial charge in [0.2, 0.25) is 5.91 Å². The number of benzene rings is 2. The summed E-state index contributed by atoms with van der Waals surface area (Å²) in [6.45, 7) is 0.473. The lowest BCUT2D eigenvalue weighted by molar-refractivity contribution is -0.137. The maximum atomic E-state index is 12.9. The van der Waals surface area contributed by atoms with Crippen LogP contribution in [-0.2, 0) is 17.4 Å². The molecular weight excluding hydrogens is 365 g/mol. The van der Waals surface area contributed by atoms with Gasteiger partial charge in [-0.3, -0.25) is 9.78 Å². The molecule has 2 aromatic carbocycles. The van der Waals surface area contributed by atoms with Gasteiger partial charge in [-0.15, -0.1) is 0 Å². The Kier molecular flexibility index (Phi) is 4.79. The van der Waals surface area contributed by atoms with Crippen LogP contribution in [0.3, 0.4) is 0 Å². The van der Waals surface area contributed by atoms with Crippen LogP contribution >= 0.6 is 0 Å². The van der Waals surface area contributed by atoms with Gasteiger partial charge >= 0.3 is 6.18 Å². The maximum absolute atomic E-state index is 12.9. The molecule has 2 atom stereocenters. The summed E-state index contributed by atoms with van der Waals surface area (Å²) in [5.74, 6) is -0.494. The third-order valence-electron chi connectivity index (χ3n) is 5.18. The van der Waals surface area contributed by atoms with Crippen LogP contribution in [0.15, 0.2) is 60.8 Å². The number of halogens is 3. The van der Waals surface area contributed by atoms with E-state index in [1.807, 2.05) is 30.3 Å². The van der Waals surface area contributed by atoms with E-state index in [0.717, 1.165) is 28.6 Å². The highest BCUT2D eigenvalue weighted by molar-refractivity contribution is 5.83. The zero-order chi connectivity index (χ0) is 19.7. The molecule has 0 aliphatic heterocycles. The number of nitrogens with one attached hydrogen (secondary N) is 1. The average Bonchev–Trinajstić information content (AvgIpc) is 3.49. The second-order valence-electron chi connectivity index (χ2n) is 7.11. The fourth-order valence-corrected chi connectivity index (χ4v) is 3.62. The van der Waals surface area contributed by atoms with Crippen molar-refractivity contribution in [3.63, 3.8) is 0 Å². The van der Waals surface area contributed by atoms with Gasteiger partial charge in [0.05, 0.1) is 11.1 Å². The van der Waals surface area contributed by atoms with Crippen LogP contribution < -0.4 is 5.32 Å². The number of hydrogen-bond acceptors (Lipinski definition) is 2. The molecule has 0 bridgehead atoms. The molecule has 144 valence electrons. The number of pyridine rings is 1. The van der Waals surface area contributed by atoms with E-state index in [1.165, 1.54) is 6.07 Å². The van der Waals surface area contributed by atoms with E-state index in [1.54, 1.807) is 12.3 Å². The Labute approximate surface area is 160 Å². The van der Waals surface area contributed by atoms with Crippen molar-refractivity contribution in [1.29, 1.82) is 0 Å². The Hall–Kier alpha value is -2.89. The first kappa shape index (κ1) is 18.5. The van der Waals surface area contributed by atoms with Gasteiger partial charge in [0, 0.05) is 24.0 Å². The Morgan fingerprint density at radius 1 is 1.11 bits per heavy atom. The minimum Gasteiger partial charge on any atom is -0.356 e. The number of amides is 1. The molecule has 2 unspecified atom stereocenters. The number of rotatable bonds is 5. The molecule has 0 spiro atoms. The Morgan fingerprint density at radius 3 is 2.71 bits per heavy atom. The summed E-state index contributed by atoms with van der Waals surface area (Å²) in [4.78, 5) is 16.8. The molecule has 3 nitrogen and oxygen atoms in total. The van der Waals surface area contributed by atoms with Crippen molar-refractivity contribution in [3.05, 3.63) is 77.5 Å². The van der Waals surface area contributed by atoms with Gasteiger partial charge in [0.15, 0.2) is 0 Å². The lowest BCUT2D eigenvalue weighted by atomic mass is 10.0. The van der Waals surface area contributed by atoms with Gasteiger partial charge in [-0.1, -0.05) is 42.5 Å². The highest BCUT2D eigenvalue weighted by Crippen LogP contribution is 2.48. The molecule has 6 heteroatoms. The number of hydrogen-bond donors (Lipinski definition) is 1. The highest BCUT2D eigenvalue weighted by Gasteiger charge is 2.44. The number of carbonyl (C=O) groups excluding carboxylic acids is 1. The smallest absolute Gasteiger partial charge is 0.356 e. The Balaban J connectivity index is 1.34. The highest BCUT2D eigenvalue weighted by atomic mass is 19.4. The molecule has 1 N–H and O–H groups in total. The van der Waals surface area contributed by atoms with Gasteiger partial charge in [-0.25, -0.2) is 0 Å². The van der Waals surface area contributed by atoms with Gasteiger partial charge in [-0.05, 0) is 42.0 Å². The lowest BCUT2D eigenvalue weighted by Gasteiger charge is -2.09. The first-order chi connectivity index (χ1) is 13.4. The minimum atomic E-state index is -4.37. The topological polar surface area (TPSA) is 42.0 Å². The lowest BCUT2D eigenvalue weighted by Crippen LogP contribution is -2.27. The predicted octanol–water partition coefficient (Wildman–Crippen LogP) is 4.72. The first-order valence-corrected chi connectivity index (χ1v) is 9.21. The predicted molar refractivity (Wildman–Crippen MR) is 101 cm³/mol. The van der Waals surface area contributed by atoms with Crippen LogP contribution in [0.1, 0.15) is 29.0 Å². The van der Waals surface area contributed by atoms with E-state index in [9.17, 15) is 18.0 Å². The molecule has 1 amide bonds. The summed E-state index contributed by atoms with van der Waals surface area (Å²) in [7, 11) is 0. The summed E-state index contributed by atoms with van der Waals surface area (Å²) in [5, 5.41) is 3.97. The van der Waals surface area contributed by atoms with Crippen LogP contribution in [0.4, 0.5) is 13.2 Å². The van der Waals surface area contributed by atoms with E-state index >= 15 is 0 Å². The SMILES string of the molecule is O=C(NCCc1cccc2cccnc12)C1CC1c1cccc(C(F)(F)F)c1. The number of alkyl halides is 3. The molecule has 1 saturated carbocycles. The van der Waals surface area contributed by atoms with Crippen molar-refractivity contribution in [2.24, 2.45) is 5.92 Å². The Morgan fingerprint density at radius 2 is 1.89 bits per heavy atom. The monoisotopic (exact) mass is 384 g/mol. The molecular formula is C22H19F3N2O. The average molecular weight is 384 g/mol. The number of aromatic nitrogens is 1. The number of carbonyl (C=O) groups is 1. The number of fused-ring (bicyclic) bond motifs is 1. The number of nitrogens with zero attached hydrogens (tertiary/aromatic N) is 1. The van der Waals surface area contributed by atoms with E-state index in [2.05, 4.69) is 10.3 Å². The molecule has 1 aliphatic rings. The molecule has 4 rings (SSSR count). The zero-order valence-electron chi connectivity index (χ0n) is 15.0. The van der Waals surface area contributed by atoms with Crippen LogP contribution in [0.2, 0.25) is 0 Å².